The number of sulfonamides is 1. The predicted octanol–water partition coefficient (Wildman–Crippen LogP) is 2.35. The van der Waals surface area contributed by atoms with E-state index in [1.165, 1.54) is 4.31 Å². The highest BCUT2D eigenvalue weighted by Gasteiger charge is 2.30. The summed E-state index contributed by atoms with van der Waals surface area (Å²) >= 11 is 0. The van der Waals surface area contributed by atoms with Gasteiger partial charge in [-0.25, -0.2) is 8.42 Å². The van der Waals surface area contributed by atoms with Gasteiger partial charge in [-0.15, -0.1) is 0 Å². The number of nitrogens with zero attached hydrogens (tertiary/aromatic N) is 2. The number of nitrogens with one attached hydrogen (secondary N) is 1. The Morgan fingerprint density at radius 2 is 1.95 bits per heavy atom. The Morgan fingerprint density at radius 1 is 1.33 bits per heavy atom. The Balaban J connectivity index is 2.30. The first-order valence-corrected chi connectivity index (χ1v) is 9.28. The topological polar surface area (TPSA) is 54.3 Å². The maximum Gasteiger partial charge on any atom is 0.244 e. The quantitative estimate of drug-likeness (QED) is 0.801. The van der Waals surface area contributed by atoms with Gasteiger partial charge in [-0.2, -0.15) is 4.31 Å². The molecule has 1 aliphatic carbocycles. The van der Waals surface area contributed by atoms with Crippen LogP contribution in [0.25, 0.3) is 0 Å². The molecule has 21 heavy (non-hydrogen) atoms. The zero-order valence-electron chi connectivity index (χ0n) is 13.5. The van der Waals surface area contributed by atoms with E-state index in [-0.39, 0.29) is 0 Å². The molecule has 0 bridgehead atoms. The van der Waals surface area contributed by atoms with Crippen LogP contribution in [-0.2, 0) is 16.6 Å². The Labute approximate surface area is 128 Å². The van der Waals surface area contributed by atoms with E-state index in [2.05, 4.69) is 23.7 Å². The second-order valence-corrected chi connectivity index (χ2v) is 7.87. The average Bonchev–Trinajstić information content (AvgIpc) is 3.17. The van der Waals surface area contributed by atoms with Crippen molar-refractivity contribution < 1.29 is 8.42 Å². The van der Waals surface area contributed by atoms with Crippen LogP contribution in [-0.4, -0.2) is 36.4 Å². The molecule has 1 heterocycles. The molecule has 6 heteroatoms. The maximum atomic E-state index is 12.6. The summed E-state index contributed by atoms with van der Waals surface area (Å²) in [5.74, 6) is 0. The third-order valence-corrected chi connectivity index (χ3v) is 5.90. The first-order valence-electron chi connectivity index (χ1n) is 7.84. The number of hydrogen-bond donors (Lipinski definition) is 1. The van der Waals surface area contributed by atoms with Crippen LogP contribution >= 0.6 is 0 Å². The summed E-state index contributed by atoms with van der Waals surface area (Å²) in [4.78, 5) is 0.429. The number of rotatable bonds is 8. The largest absolute Gasteiger partial charge is 0.346 e. The Bertz CT molecular complexity index is 570. The van der Waals surface area contributed by atoms with Gasteiger partial charge in [0.2, 0.25) is 10.0 Å². The van der Waals surface area contributed by atoms with Gasteiger partial charge in [-0.1, -0.05) is 27.7 Å². The van der Waals surface area contributed by atoms with Crippen LogP contribution in [0.4, 0.5) is 0 Å². The van der Waals surface area contributed by atoms with Crippen molar-refractivity contribution in [2.24, 2.45) is 0 Å². The Kier molecular flexibility index (Phi) is 5.11. The second-order valence-electron chi connectivity index (χ2n) is 5.93. The summed E-state index contributed by atoms with van der Waals surface area (Å²) in [6, 6.07) is 2.70. The van der Waals surface area contributed by atoms with E-state index in [4.69, 9.17) is 0 Å². The van der Waals surface area contributed by atoms with E-state index in [0.717, 1.165) is 18.5 Å². The van der Waals surface area contributed by atoms with Gasteiger partial charge in [0.1, 0.15) is 4.90 Å². The van der Waals surface area contributed by atoms with Crippen molar-refractivity contribution in [3.8, 4) is 0 Å². The number of aromatic nitrogens is 1. The van der Waals surface area contributed by atoms with Gasteiger partial charge in [0.15, 0.2) is 0 Å². The first kappa shape index (κ1) is 16.5. The summed E-state index contributed by atoms with van der Waals surface area (Å²) in [7, 11) is -3.36. The normalized spacial score (nSPS) is 16.1. The molecule has 1 aromatic rings. The SMILES string of the molecule is CCN(CC)S(=O)(=O)c1cc(CNC(C)C)n(C2CC2)c1. The van der Waals surface area contributed by atoms with Gasteiger partial charge in [0.25, 0.3) is 0 Å². The molecule has 1 saturated carbocycles. The predicted molar refractivity (Wildman–Crippen MR) is 84.8 cm³/mol. The van der Waals surface area contributed by atoms with E-state index in [1.807, 2.05) is 26.1 Å². The summed E-state index contributed by atoms with van der Waals surface area (Å²) < 4.78 is 28.9. The van der Waals surface area contributed by atoms with Gasteiger partial charge < -0.3 is 9.88 Å². The van der Waals surface area contributed by atoms with E-state index in [9.17, 15) is 8.42 Å². The molecule has 0 amide bonds. The summed E-state index contributed by atoms with van der Waals surface area (Å²) in [6.45, 7) is 9.66. The minimum Gasteiger partial charge on any atom is -0.346 e. The number of hydrogen-bond acceptors (Lipinski definition) is 3. The van der Waals surface area contributed by atoms with Crippen LogP contribution in [0.2, 0.25) is 0 Å². The van der Waals surface area contributed by atoms with Crippen molar-refractivity contribution in [3.05, 3.63) is 18.0 Å². The zero-order chi connectivity index (χ0) is 15.6. The summed E-state index contributed by atoms with van der Waals surface area (Å²) in [5, 5.41) is 3.38. The van der Waals surface area contributed by atoms with Crippen LogP contribution in [0, 0.1) is 0 Å². The molecule has 0 atom stereocenters. The molecule has 2 rings (SSSR count). The first-order chi connectivity index (χ1) is 9.90. The fourth-order valence-electron chi connectivity index (χ4n) is 2.49. The van der Waals surface area contributed by atoms with E-state index in [0.29, 0.717) is 36.6 Å². The van der Waals surface area contributed by atoms with Crippen LogP contribution in [0.1, 0.15) is 52.3 Å². The van der Waals surface area contributed by atoms with Crippen molar-refractivity contribution in [1.82, 2.24) is 14.2 Å². The molecule has 0 aromatic carbocycles. The van der Waals surface area contributed by atoms with Gasteiger partial charge in [-0.3, -0.25) is 0 Å². The minimum absolute atomic E-state index is 0.385. The molecule has 1 N–H and O–H groups in total. The third kappa shape index (κ3) is 3.67. The lowest BCUT2D eigenvalue weighted by molar-refractivity contribution is 0.445. The van der Waals surface area contributed by atoms with Crippen LogP contribution < -0.4 is 5.32 Å². The highest BCUT2D eigenvalue weighted by Crippen LogP contribution is 2.37. The van der Waals surface area contributed by atoms with Crippen LogP contribution in [0.3, 0.4) is 0 Å². The van der Waals surface area contributed by atoms with E-state index in [1.54, 1.807) is 0 Å². The maximum absolute atomic E-state index is 12.6. The summed E-state index contributed by atoms with van der Waals surface area (Å²) in [5.41, 5.74) is 1.07. The highest BCUT2D eigenvalue weighted by atomic mass is 32.2. The lowest BCUT2D eigenvalue weighted by atomic mass is 10.3. The average molecular weight is 313 g/mol. The molecular weight excluding hydrogens is 286 g/mol. The van der Waals surface area contributed by atoms with Crippen molar-refractivity contribution in [2.75, 3.05) is 13.1 Å². The molecule has 0 saturated heterocycles. The zero-order valence-corrected chi connectivity index (χ0v) is 14.3. The molecule has 0 radical (unpaired) electrons. The fraction of sp³-hybridized carbons (Fsp3) is 0.733. The van der Waals surface area contributed by atoms with Crippen LogP contribution in [0.15, 0.2) is 17.2 Å². The van der Waals surface area contributed by atoms with Crippen molar-refractivity contribution in [3.63, 3.8) is 0 Å². The van der Waals surface area contributed by atoms with E-state index < -0.39 is 10.0 Å². The minimum atomic E-state index is -3.36. The lowest BCUT2D eigenvalue weighted by Gasteiger charge is -2.17. The van der Waals surface area contributed by atoms with Crippen molar-refractivity contribution in [2.45, 2.75) is 64.1 Å². The molecule has 120 valence electrons. The summed E-state index contributed by atoms with van der Waals surface area (Å²) in [6.07, 6.45) is 4.12. The van der Waals surface area contributed by atoms with Gasteiger partial charge >= 0.3 is 0 Å². The second kappa shape index (κ2) is 6.50. The molecular formula is C15H27N3O2S. The molecule has 0 aliphatic heterocycles. The van der Waals surface area contributed by atoms with Gasteiger partial charge in [0.05, 0.1) is 0 Å². The van der Waals surface area contributed by atoms with Gasteiger partial charge in [-0.05, 0) is 18.9 Å². The fourth-order valence-corrected chi connectivity index (χ4v) is 4.00. The lowest BCUT2D eigenvalue weighted by Crippen LogP contribution is -2.30. The monoisotopic (exact) mass is 313 g/mol. The Morgan fingerprint density at radius 3 is 2.43 bits per heavy atom. The van der Waals surface area contributed by atoms with Gasteiger partial charge in [0, 0.05) is 43.6 Å². The molecule has 1 aromatic heterocycles. The van der Waals surface area contributed by atoms with Crippen LogP contribution in [0.5, 0.6) is 0 Å². The Hall–Kier alpha value is -0.850. The highest BCUT2D eigenvalue weighted by molar-refractivity contribution is 7.89. The standard InChI is InChI=1S/C15H27N3O2S/c1-5-17(6-2)21(19,20)15-9-14(10-16-12(3)4)18(11-15)13-7-8-13/h9,11-13,16H,5-8,10H2,1-4H3. The van der Waals surface area contributed by atoms with Crippen molar-refractivity contribution >= 4 is 10.0 Å². The smallest absolute Gasteiger partial charge is 0.244 e. The molecule has 1 fully saturated rings. The van der Waals surface area contributed by atoms with Crippen molar-refractivity contribution in [1.29, 1.82) is 0 Å². The third-order valence-electron chi connectivity index (χ3n) is 3.88. The van der Waals surface area contributed by atoms with E-state index >= 15 is 0 Å². The molecule has 5 nitrogen and oxygen atoms in total. The molecule has 0 unspecified atom stereocenters. The molecule has 1 aliphatic rings. The molecule has 0 spiro atoms.